The van der Waals surface area contributed by atoms with Gasteiger partial charge < -0.3 is 10.2 Å². The van der Waals surface area contributed by atoms with Crippen LogP contribution >= 0.6 is 11.3 Å². The minimum atomic E-state index is 0.0278. The molecule has 0 spiro atoms. The van der Waals surface area contributed by atoms with Crippen LogP contribution in [0.15, 0.2) is 5.51 Å². The minimum Gasteiger partial charge on any atom is -0.396 e. The third kappa shape index (κ3) is 1.53. The van der Waals surface area contributed by atoms with E-state index in [1.807, 2.05) is 0 Å². The molecule has 1 aromatic rings. The second-order valence-electron chi connectivity index (χ2n) is 1.85. The van der Waals surface area contributed by atoms with Gasteiger partial charge in [0.25, 0.3) is 0 Å². The molecule has 0 radical (unpaired) electrons. The highest BCUT2D eigenvalue weighted by Crippen LogP contribution is 2.12. The smallest absolute Gasteiger partial charge is 0.0798 e. The van der Waals surface area contributed by atoms with Crippen molar-refractivity contribution in [1.82, 2.24) is 4.98 Å². The fourth-order valence-corrected chi connectivity index (χ4v) is 1.40. The first kappa shape index (κ1) is 7.65. The molecule has 0 atom stereocenters. The van der Waals surface area contributed by atoms with Gasteiger partial charge in [-0.05, 0) is 0 Å². The molecule has 0 aromatic carbocycles. The summed E-state index contributed by atoms with van der Waals surface area (Å²) in [4.78, 5) is 4.83. The van der Waals surface area contributed by atoms with E-state index >= 15 is 0 Å². The highest BCUT2D eigenvalue weighted by atomic mass is 32.1. The van der Waals surface area contributed by atoms with E-state index in [1.54, 1.807) is 5.51 Å². The molecule has 0 saturated carbocycles. The van der Waals surface area contributed by atoms with Crippen molar-refractivity contribution in [2.75, 3.05) is 6.61 Å². The van der Waals surface area contributed by atoms with Gasteiger partial charge in [-0.25, -0.2) is 4.98 Å². The van der Waals surface area contributed by atoms with Crippen LogP contribution in [0.25, 0.3) is 0 Å². The van der Waals surface area contributed by atoms with Crippen LogP contribution in [0.2, 0.25) is 0 Å². The fourth-order valence-electron chi connectivity index (χ4n) is 0.732. The number of nitrogens with zero attached hydrogens (tertiary/aromatic N) is 1. The van der Waals surface area contributed by atoms with Gasteiger partial charge in [-0.15, -0.1) is 11.3 Å². The Hall–Kier alpha value is -0.450. The number of aromatic nitrogens is 1. The zero-order chi connectivity index (χ0) is 7.40. The monoisotopic (exact) mass is 159 g/mol. The summed E-state index contributed by atoms with van der Waals surface area (Å²) in [7, 11) is 0. The second-order valence-corrected chi connectivity index (χ2v) is 2.79. The normalized spacial score (nSPS) is 10.2. The predicted molar refractivity (Wildman–Crippen MR) is 38.8 cm³/mol. The lowest BCUT2D eigenvalue weighted by molar-refractivity contribution is 0.278. The summed E-state index contributed by atoms with van der Waals surface area (Å²) < 4.78 is 0. The first-order valence-corrected chi connectivity index (χ1v) is 3.89. The van der Waals surface area contributed by atoms with E-state index < -0.39 is 0 Å². The molecule has 4 heteroatoms. The van der Waals surface area contributed by atoms with Gasteiger partial charge >= 0.3 is 0 Å². The summed E-state index contributed by atoms with van der Waals surface area (Å²) in [5.74, 6) is 0. The SMILES string of the molecule is OCCc1ncsc1CO. The Morgan fingerprint density at radius 2 is 2.30 bits per heavy atom. The Morgan fingerprint density at radius 1 is 1.50 bits per heavy atom. The summed E-state index contributed by atoms with van der Waals surface area (Å²) in [5.41, 5.74) is 2.49. The topological polar surface area (TPSA) is 53.4 Å². The Bertz CT molecular complexity index is 199. The van der Waals surface area contributed by atoms with Gasteiger partial charge in [-0.3, -0.25) is 0 Å². The van der Waals surface area contributed by atoms with E-state index in [-0.39, 0.29) is 13.2 Å². The first-order chi connectivity index (χ1) is 4.88. The van der Waals surface area contributed by atoms with Crippen molar-refractivity contribution in [3.8, 4) is 0 Å². The van der Waals surface area contributed by atoms with Crippen molar-refractivity contribution < 1.29 is 10.2 Å². The van der Waals surface area contributed by atoms with E-state index in [0.29, 0.717) is 6.42 Å². The largest absolute Gasteiger partial charge is 0.396 e. The molecule has 0 fully saturated rings. The van der Waals surface area contributed by atoms with Gasteiger partial charge in [-0.2, -0.15) is 0 Å². The van der Waals surface area contributed by atoms with Crippen molar-refractivity contribution in [1.29, 1.82) is 0 Å². The molecule has 0 amide bonds. The third-order valence-electron chi connectivity index (χ3n) is 1.22. The van der Waals surface area contributed by atoms with Crippen molar-refractivity contribution in [2.24, 2.45) is 0 Å². The van der Waals surface area contributed by atoms with E-state index in [4.69, 9.17) is 10.2 Å². The maximum atomic E-state index is 8.72. The van der Waals surface area contributed by atoms with Crippen LogP contribution in [0, 0.1) is 0 Å². The number of aliphatic hydroxyl groups is 2. The quantitative estimate of drug-likeness (QED) is 0.661. The average molecular weight is 159 g/mol. The molecule has 0 bridgehead atoms. The molecule has 2 N–H and O–H groups in total. The highest BCUT2D eigenvalue weighted by Gasteiger charge is 2.02. The van der Waals surface area contributed by atoms with Gasteiger partial charge in [0, 0.05) is 13.0 Å². The maximum absolute atomic E-state index is 8.72. The molecule has 0 aliphatic rings. The molecule has 3 nitrogen and oxygen atoms in total. The first-order valence-electron chi connectivity index (χ1n) is 3.01. The van der Waals surface area contributed by atoms with Crippen LogP contribution in [0.4, 0.5) is 0 Å². The van der Waals surface area contributed by atoms with Crippen molar-refractivity contribution in [3.63, 3.8) is 0 Å². The fraction of sp³-hybridized carbons (Fsp3) is 0.500. The molecule has 0 saturated heterocycles. The van der Waals surface area contributed by atoms with Crippen LogP contribution in [-0.2, 0) is 13.0 Å². The lowest BCUT2D eigenvalue weighted by Gasteiger charge is -1.93. The molecular weight excluding hydrogens is 150 g/mol. The Kier molecular flexibility index (Phi) is 2.80. The molecule has 1 heterocycles. The highest BCUT2D eigenvalue weighted by molar-refractivity contribution is 7.09. The zero-order valence-electron chi connectivity index (χ0n) is 5.45. The molecule has 10 heavy (non-hydrogen) atoms. The van der Waals surface area contributed by atoms with Crippen LogP contribution in [-0.4, -0.2) is 21.8 Å². The van der Waals surface area contributed by atoms with Gasteiger partial charge in [0.1, 0.15) is 0 Å². The molecule has 0 aliphatic carbocycles. The van der Waals surface area contributed by atoms with E-state index in [2.05, 4.69) is 4.98 Å². The lowest BCUT2D eigenvalue weighted by atomic mass is 10.3. The molecule has 0 unspecified atom stereocenters. The summed E-state index contributed by atoms with van der Waals surface area (Å²) in [6, 6.07) is 0. The number of hydrogen-bond acceptors (Lipinski definition) is 4. The van der Waals surface area contributed by atoms with Crippen LogP contribution in [0.3, 0.4) is 0 Å². The zero-order valence-corrected chi connectivity index (χ0v) is 6.27. The number of rotatable bonds is 3. The van der Waals surface area contributed by atoms with Crippen LogP contribution < -0.4 is 0 Å². The van der Waals surface area contributed by atoms with Gasteiger partial charge in [0.15, 0.2) is 0 Å². The predicted octanol–water partition coefficient (Wildman–Crippen LogP) is 0.170. The standard InChI is InChI=1S/C6H9NO2S/c8-2-1-5-6(3-9)10-4-7-5/h4,8-9H,1-3H2. The van der Waals surface area contributed by atoms with Gasteiger partial charge in [0.05, 0.1) is 22.7 Å². The number of aliphatic hydroxyl groups excluding tert-OH is 2. The van der Waals surface area contributed by atoms with Gasteiger partial charge in [0.2, 0.25) is 0 Å². The summed E-state index contributed by atoms with van der Waals surface area (Å²) in [6.07, 6.45) is 0.541. The summed E-state index contributed by atoms with van der Waals surface area (Å²) >= 11 is 1.42. The average Bonchev–Trinajstić information content (AvgIpc) is 2.36. The van der Waals surface area contributed by atoms with E-state index in [1.165, 1.54) is 11.3 Å². The molecule has 56 valence electrons. The molecule has 1 rings (SSSR count). The van der Waals surface area contributed by atoms with Crippen LogP contribution in [0.1, 0.15) is 10.6 Å². The third-order valence-corrected chi connectivity index (χ3v) is 2.08. The lowest BCUT2D eigenvalue weighted by Crippen LogP contribution is -1.94. The van der Waals surface area contributed by atoms with Gasteiger partial charge in [-0.1, -0.05) is 0 Å². The minimum absolute atomic E-state index is 0.0278. The van der Waals surface area contributed by atoms with E-state index in [9.17, 15) is 0 Å². The van der Waals surface area contributed by atoms with Crippen molar-refractivity contribution in [3.05, 3.63) is 16.1 Å². The number of thiazole rings is 1. The Labute approximate surface area is 63.0 Å². The summed E-state index contributed by atoms with van der Waals surface area (Å²) in [6.45, 7) is 0.122. The molecule has 1 aromatic heterocycles. The van der Waals surface area contributed by atoms with Crippen LogP contribution in [0.5, 0.6) is 0 Å². The molecular formula is C6H9NO2S. The Balaban J connectivity index is 2.70. The van der Waals surface area contributed by atoms with E-state index in [0.717, 1.165) is 10.6 Å². The maximum Gasteiger partial charge on any atom is 0.0798 e. The number of hydrogen-bond donors (Lipinski definition) is 2. The summed E-state index contributed by atoms with van der Waals surface area (Å²) in [5, 5.41) is 17.3. The van der Waals surface area contributed by atoms with Crippen molar-refractivity contribution in [2.45, 2.75) is 13.0 Å². The Morgan fingerprint density at radius 3 is 2.90 bits per heavy atom. The second kappa shape index (κ2) is 3.65. The molecule has 0 aliphatic heterocycles. The van der Waals surface area contributed by atoms with Crippen molar-refractivity contribution >= 4 is 11.3 Å².